The summed E-state index contributed by atoms with van der Waals surface area (Å²) in [6, 6.07) is 4.15. The van der Waals surface area contributed by atoms with Crippen LogP contribution in [0.3, 0.4) is 0 Å². The molecule has 1 N–H and O–H groups in total. The smallest absolute Gasteiger partial charge is 0.165 e. The second-order valence-corrected chi connectivity index (χ2v) is 6.01. The van der Waals surface area contributed by atoms with Crippen molar-refractivity contribution in [1.29, 1.82) is 0 Å². The minimum absolute atomic E-state index is 0.0172. The largest absolute Gasteiger partial charge is 0.490 e. The van der Waals surface area contributed by atoms with E-state index in [1.807, 2.05) is 0 Å². The molecule has 0 unspecified atom stereocenters. The Balaban J connectivity index is 2.47. The van der Waals surface area contributed by atoms with Crippen molar-refractivity contribution >= 4 is 9.84 Å². The Kier molecular flexibility index (Phi) is 4.89. The summed E-state index contributed by atoms with van der Waals surface area (Å²) in [6.07, 6.45) is 1.46. The third kappa shape index (κ3) is 5.14. The molecule has 0 radical (unpaired) electrons. The summed E-state index contributed by atoms with van der Waals surface area (Å²) in [5, 5.41) is 8.78. The van der Waals surface area contributed by atoms with E-state index in [-0.39, 0.29) is 24.7 Å². The number of aliphatic hydroxyl groups excluding tert-OH is 1. The van der Waals surface area contributed by atoms with Crippen molar-refractivity contribution in [3.63, 3.8) is 0 Å². The van der Waals surface area contributed by atoms with Gasteiger partial charge in [-0.15, -0.1) is 0 Å². The van der Waals surface area contributed by atoms with Crippen molar-refractivity contribution < 1.29 is 22.7 Å². The first kappa shape index (κ1) is 13.9. The SMILES string of the molecule is CS(=O)(=O)CCCOc1ccc(CO)cc1F. The topological polar surface area (TPSA) is 63.6 Å². The molecule has 0 amide bonds. The molecule has 0 bridgehead atoms. The molecule has 0 spiro atoms. The second-order valence-electron chi connectivity index (χ2n) is 3.75. The average Bonchev–Trinajstić information content (AvgIpc) is 2.24. The molecular weight excluding hydrogens is 247 g/mol. The van der Waals surface area contributed by atoms with E-state index >= 15 is 0 Å². The number of aliphatic hydroxyl groups is 1. The molecule has 0 fully saturated rings. The molecule has 1 aromatic carbocycles. The van der Waals surface area contributed by atoms with Gasteiger partial charge < -0.3 is 9.84 Å². The molecule has 6 heteroatoms. The highest BCUT2D eigenvalue weighted by Gasteiger charge is 2.06. The fourth-order valence-electron chi connectivity index (χ4n) is 1.26. The zero-order chi connectivity index (χ0) is 12.9. The number of halogens is 1. The monoisotopic (exact) mass is 262 g/mol. The molecule has 0 aliphatic heterocycles. The van der Waals surface area contributed by atoms with Crippen LogP contribution in [0.15, 0.2) is 18.2 Å². The van der Waals surface area contributed by atoms with Gasteiger partial charge in [0.1, 0.15) is 9.84 Å². The Labute approximate surface area is 100.0 Å². The fourth-order valence-corrected chi connectivity index (χ4v) is 1.91. The van der Waals surface area contributed by atoms with Gasteiger partial charge in [0.15, 0.2) is 11.6 Å². The van der Waals surface area contributed by atoms with Crippen molar-refractivity contribution in [1.82, 2.24) is 0 Å². The molecule has 0 heterocycles. The summed E-state index contributed by atoms with van der Waals surface area (Å²) in [7, 11) is -3.01. The van der Waals surface area contributed by atoms with Crippen LogP contribution in [0.1, 0.15) is 12.0 Å². The van der Waals surface area contributed by atoms with E-state index in [1.165, 1.54) is 12.1 Å². The normalized spacial score (nSPS) is 11.5. The number of benzene rings is 1. The van der Waals surface area contributed by atoms with Gasteiger partial charge in [0.05, 0.1) is 19.0 Å². The Morgan fingerprint density at radius 2 is 2.12 bits per heavy atom. The highest BCUT2D eigenvalue weighted by molar-refractivity contribution is 7.90. The Bertz CT molecular complexity index is 470. The van der Waals surface area contributed by atoms with Crippen molar-refractivity contribution in [2.24, 2.45) is 0 Å². The molecule has 4 nitrogen and oxygen atoms in total. The van der Waals surface area contributed by atoms with E-state index in [0.717, 1.165) is 6.26 Å². The first-order valence-electron chi connectivity index (χ1n) is 5.12. The summed E-state index contributed by atoms with van der Waals surface area (Å²) >= 11 is 0. The summed E-state index contributed by atoms with van der Waals surface area (Å²) in [6.45, 7) is -0.0895. The highest BCUT2D eigenvalue weighted by atomic mass is 32.2. The van der Waals surface area contributed by atoms with Gasteiger partial charge in [-0.25, -0.2) is 12.8 Å². The molecule has 0 saturated carbocycles. The number of rotatable bonds is 6. The maximum absolute atomic E-state index is 13.3. The van der Waals surface area contributed by atoms with Crippen LogP contribution in [0.5, 0.6) is 5.75 Å². The molecule has 0 aliphatic carbocycles. The van der Waals surface area contributed by atoms with Gasteiger partial charge in [-0.1, -0.05) is 6.07 Å². The molecule has 96 valence electrons. The van der Waals surface area contributed by atoms with Gasteiger partial charge in [-0.05, 0) is 24.1 Å². The molecular formula is C11H15FO4S. The molecule has 1 rings (SSSR count). The van der Waals surface area contributed by atoms with Crippen molar-refractivity contribution in [3.8, 4) is 5.75 Å². The lowest BCUT2D eigenvalue weighted by molar-refractivity contribution is 0.278. The zero-order valence-corrected chi connectivity index (χ0v) is 10.3. The van der Waals surface area contributed by atoms with Crippen LogP contribution in [-0.2, 0) is 16.4 Å². The minimum atomic E-state index is -3.01. The molecule has 0 aromatic heterocycles. The van der Waals surface area contributed by atoms with E-state index in [1.54, 1.807) is 6.07 Å². The van der Waals surface area contributed by atoms with Gasteiger partial charge in [-0.3, -0.25) is 0 Å². The maximum Gasteiger partial charge on any atom is 0.165 e. The van der Waals surface area contributed by atoms with Gasteiger partial charge in [-0.2, -0.15) is 0 Å². The van der Waals surface area contributed by atoms with Crippen LogP contribution in [-0.4, -0.2) is 32.1 Å². The number of hydrogen-bond donors (Lipinski definition) is 1. The third-order valence-corrected chi connectivity index (χ3v) is 3.13. The Morgan fingerprint density at radius 3 is 2.65 bits per heavy atom. The van der Waals surface area contributed by atoms with Crippen LogP contribution >= 0.6 is 0 Å². The first-order valence-corrected chi connectivity index (χ1v) is 7.18. The lowest BCUT2D eigenvalue weighted by Crippen LogP contribution is -2.08. The summed E-state index contributed by atoms with van der Waals surface area (Å²) in [5.74, 6) is -0.477. The van der Waals surface area contributed by atoms with Gasteiger partial charge in [0, 0.05) is 6.26 Å². The lowest BCUT2D eigenvalue weighted by Gasteiger charge is -2.07. The van der Waals surface area contributed by atoms with E-state index in [9.17, 15) is 12.8 Å². The molecule has 1 aromatic rings. The first-order chi connectivity index (χ1) is 7.92. The molecule has 0 aliphatic rings. The molecule has 17 heavy (non-hydrogen) atoms. The predicted molar refractivity (Wildman–Crippen MR) is 62.1 cm³/mol. The fraction of sp³-hybridized carbons (Fsp3) is 0.455. The Morgan fingerprint density at radius 1 is 1.41 bits per heavy atom. The number of hydrogen-bond acceptors (Lipinski definition) is 4. The van der Waals surface area contributed by atoms with E-state index in [2.05, 4.69) is 0 Å². The van der Waals surface area contributed by atoms with E-state index < -0.39 is 15.7 Å². The molecule has 0 atom stereocenters. The highest BCUT2D eigenvalue weighted by Crippen LogP contribution is 2.18. The summed E-state index contributed by atoms with van der Waals surface area (Å²) in [4.78, 5) is 0. The minimum Gasteiger partial charge on any atom is -0.490 e. The van der Waals surface area contributed by atoms with Gasteiger partial charge >= 0.3 is 0 Å². The second kappa shape index (κ2) is 5.97. The molecule has 0 saturated heterocycles. The lowest BCUT2D eigenvalue weighted by atomic mass is 10.2. The van der Waals surface area contributed by atoms with Crippen LogP contribution < -0.4 is 4.74 Å². The van der Waals surface area contributed by atoms with Crippen LogP contribution in [0, 0.1) is 5.82 Å². The van der Waals surface area contributed by atoms with Crippen molar-refractivity contribution in [2.45, 2.75) is 13.0 Å². The summed E-state index contributed by atoms with van der Waals surface area (Å²) in [5.41, 5.74) is 0.464. The quantitative estimate of drug-likeness (QED) is 0.781. The van der Waals surface area contributed by atoms with Crippen molar-refractivity contribution in [2.75, 3.05) is 18.6 Å². The van der Waals surface area contributed by atoms with E-state index in [4.69, 9.17) is 9.84 Å². The standard InChI is InChI=1S/C11H15FO4S/c1-17(14,15)6-2-5-16-11-4-3-9(8-13)7-10(11)12/h3-4,7,13H,2,5-6,8H2,1H3. The van der Waals surface area contributed by atoms with E-state index in [0.29, 0.717) is 12.0 Å². The summed E-state index contributed by atoms with van der Waals surface area (Å²) < 4.78 is 40.1. The van der Waals surface area contributed by atoms with Crippen LogP contribution in [0.25, 0.3) is 0 Å². The zero-order valence-electron chi connectivity index (χ0n) is 9.52. The average molecular weight is 262 g/mol. The van der Waals surface area contributed by atoms with Crippen LogP contribution in [0.2, 0.25) is 0 Å². The third-order valence-electron chi connectivity index (χ3n) is 2.10. The predicted octanol–water partition coefficient (Wildman–Crippen LogP) is 1.13. The van der Waals surface area contributed by atoms with Crippen molar-refractivity contribution in [3.05, 3.63) is 29.6 Å². The Hall–Kier alpha value is -1.14. The van der Waals surface area contributed by atoms with Gasteiger partial charge in [0.2, 0.25) is 0 Å². The van der Waals surface area contributed by atoms with Crippen LogP contribution in [0.4, 0.5) is 4.39 Å². The number of ether oxygens (including phenoxy) is 1. The van der Waals surface area contributed by atoms with Gasteiger partial charge in [0.25, 0.3) is 0 Å². The number of sulfone groups is 1. The maximum atomic E-state index is 13.3.